The largest absolute Gasteiger partial charge is 0.467 e. The molecule has 156 valence electrons. The number of hydrogen-bond acceptors (Lipinski definition) is 6. The quantitative estimate of drug-likeness (QED) is 0.608. The Bertz CT molecular complexity index is 646. The maximum Gasteiger partial charge on any atom is 0.408 e. The van der Waals surface area contributed by atoms with Crippen molar-refractivity contribution in [3.8, 4) is 0 Å². The number of carbonyl (C=O) groups excluding carboxylic acids is 3. The molecule has 2 amide bonds. The second-order valence-corrected chi connectivity index (χ2v) is 8.24. The minimum Gasteiger partial charge on any atom is -0.467 e. The van der Waals surface area contributed by atoms with Crippen LogP contribution in [-0.2, 0) is 25.5 Å². The van der Waals surface area contributed by atoms with Gasteiger partial charge in [0.15, 0.2) is 0 Å². The van der Waals surface area contributed by atoms with Crippen molar-refractivity contribution in [2.75, 3.05) is 19.1 Å². The lowest BCUT2D eigenvalue weighted by molar-refractivity contribution is -0.145. The first kappa shape index (κ1) is 23.8. The number of hydrogen-bond donors (Lipinski definition) is 2. The van der Waals surface area contributed by atoms with Crippen LogP contribution in [0.1, 0.15) is 32.8 Å². The molecule has 2 atom stereocenters. The SMILES string of the molecule is COC(=O)C(CCSC)NC(=O)C(Cc1ccccc1)NC(=O)OC(C)(C)C. The lowest BCUT2D eigenvalue weighted by Gasteiger charge is -2.25. The summed E-state index contributed by atoms with van der Waals surface area (Å²) in [5, 5.41) is 5.30. The van der Waals surface area contributed by atoms with Crippen LogP contribution in [0.3, 0.4) is 0 Å². The number of carbonyl (C=O) groups is 3. The number of alkyl carbamates (subject to hydrolysis) is 1. The number of rotatable bonds is 9. The first-order valence-corrected chi connectivity index (χ1v) is 10.5. The Labute approximate surface area is 170 Å². The zero-order valence-corrected chi connectivity index (χ0v) is 17.9. The molecule has 0 radical (unpaired) electrons. The van der Waals surface area contributed by atoms with Gasteiger partial charge >= 0.3 is 12.1 Å². The minimum atomic E-state index is -0.890. The number of esters is 1. The van der Waals surface area contributed by atoms with Gasteiger partial charge in [-0.2, -0.15) is 11.8 Å². The molecule has 0 spiro atoms. The first-order chi connectivity index (χ1) is 13.2. The summed E-state index contributed by atoms with van der Waals surface area (Å²) in [5.74, 6) is -0.299. The maximum absolute atomic E-state index is 12.8. The molecule has 2 N–H and O–H groups in total. The smallest absolute Gasteiger partial charge is 0.408 e. The average molecular weight is 411 g/mol. The summed E-state index contributed by atoms with van der Waals surface area (Å²) in [6.07, 6.45) is 1.92. The van der Waals surface area contributed by atoms with Crippen LogP contribution in [-0.4, -0.2) is 54.8 Å². The Balaban J connectivity index is 2.92. The van der Waals surface area contributed by atoms with Crippen molar-refractivity contribution in [2.45, 2.75) is 51.3 Å². The normalized spacial score (nSPS) is 13.2. The molecule has 28 heavy (non-hydrogen) atoms. The van der Waals surface area contributed by atoms with E-state index in [0.29, 0.717) is 12.2 Å². The molecule has 0 fully saturated rings. The summed E-state index contributed by atoms with van der Waals surface area (Å²) < 4.78 is 10.0. The van der Waals surface area contributed by atoms with E-state index < -0.39 is 35.7 Å². The van der Waals surface area contributed by atoms with Crippen LogP contribution in [0.2, 0.25) is 0 Å². The van der Waals surface area contributed by atoms with Crippen LogP contribution in [0.5, 0.6) is 0 Å². The Morgan fingerprint density at radius 3 is 2.25 bits per heavy atom. The molecule has 0 saturated carbocycles. The van der Waals surface area contributed by atoms with Gasteiger partial charge in [-0.15, -0.1) is 0 Å². The second-order valence-electron chi connectivity index (χ2n) is 7.25. The van der Waals surface area contributed by atoms with Gasteiger partial charge in [0.2, 0.25) is 5.91 Å². The van der Waals surface area contributed by atoms with Crippen molar-refractivity contribution in [3.63, 3.8) is 0 Å². The van der Waals surface area contributed by atoms with Gasteiger partial charge in [0.1, 0.15) is 17.7 Å². The van der Waals surface area contributed by atoms with Crippen molar-refractivity contribution < 1.29 is 23.9 Å². The molecule has 0 heterocycles. The fourth-order valence-electron chi connectivity index (χ4n) is 2.41. The van der Waals surface area contributed by atoms with Crippen molar-refractivity contribution in [3.05, 3.63) is 35.9 Å². The summed E-state index contributed by atoms with van der Waals surface area (Å²) in [7, 11) is 1.28. The van der Waals surface area contributed by atoms with E-state index in [2.05, 4.69) is 10.6 Å². The highest BCUT2D eigenvalue weighted by Crippen LogP contribution is 2.10. The van der Waals surface area contributed by atoms with Crippen molar-refractivity contribution in [1.29, 1.82) is 0 Å². The van der Waals surface area contributed by atoms with Crippen molar-refractivity contribution in [1.82, 2.24) is 10.6 Å². The van der Waals surface area contributed by atoms with Crippen LogP contribution in [0.25, 0.3) is 0 Å². The molecule has 2 unspecified atom stereocenters. The fourth-order valence-corrected chi connectivity index (χ4v) is 2.88. The summed E-state index contributed by atoms with van der Waals surface area (Å²) in [6, 6.07) is 7.64. The van der Waals surface area contributed by atoms with E-state index in [9.17, 15) is 14.4 Å². The number of methoxy groups -OCH3 is 1. The van der Waals surface area contributed by atoms with E-state index in [1.165, 1.54) is 7.11 Å². The van der Waals surface area contributed by atoms with E-state index in [4.69, 9.17) is 9.47 Å². The lowest BCUT2D eigenvalue weighted by atomic mass is 10.0. The number of benzene rings is 1. The number of ether oxygens (including phenoxy) is 2. The van der Waals surface area contributed by atoms with Gasteiger partial charge in [-0.05, 0) is 44.8 Å². The third kappa shape index (κ3) is 9.12. The highest BCUT2D eigenvalue weighted by molar-refractivity contribution is 7.98. The zero-order valence-electron chi connectivity index (χ0n) is 17.1. The van der Waals surface area contributed by atoms with E-state index in [1.807, 2.05) is 36.6 Å². The van der Waals surface area contributed by atoms with Crippen LogP contribution < -0.4 is 10.6 Å². The average Bonchev–Trinajstić information content (AvgIpc) is 2.63. The molecule has 0 aliphatic carbocycles. The van der Waals surface area contributed by atoms with Gasteiger partial charge in [-0.3, -0.25) is 4.79 Å². The van der Waals surface area contributed by atoms with Crippen LogP contribution in [0.4, 0.5) is 4.79 Å². The predicted octanol–water partition coefficient (Wildman–Crippen LogP) is 2.53. The molecule has 0 aliphatic heterocycles. The number of amides is 2. The van der Waals surface area contributed by atoms with E-state index in [-0.39, 0.29) is 6.42 Å². The zero-order chi connectivity index (χ0) is 21.2. The third-order valence-electron chi connectivity index (χ3n) is 3.70. The van der Waals surface area contributed by atoms with Gasteiger partial charge in [0.25, 0.3) is 0 Å². The van der Waals surface area contributed by atoms with Gasteiger partial charge in [0.05, 0.1) is 7.11 Å². The summed E-state index contributed by atoms with van der Waals surface area (Å²) in [4.78, 5) is 37.0. The fraction of sp³-hybridized carbons (Fsp3) is 0.550. The Morgan fingerprint density at radius 2 is 1.71 bits per heavy atom. The van der Waals surface area contributed by atoms with Gasteiger partial charge in [-0.25, -0.2) is 9.59 Å². The Kier molecular flexibility index (Phi) is 9.85. The molecule has 1 rings (SSSR count). The van der Waals surface area contributed by atoms with Gasteiger partial charge in [-0.1, -0.05) is 30.3 Å². The van der Waals surface area contributed by atoms with Crippen LogP contribution in [0, 0.1) is 0 Å². The first-order valence-electron chi connectivity index (χ1n) is 9.07. The molecule has 1 aromatic carbocycles. The monoisotopic (exact) mass is 410 g/mol. The highest BCUT2D eigenvalue weighted by atomic mass is 32.2. The van der Waals surface area contributed by atoms with Crippen molar-refractivity contribution >= 4 is 29.7 Å². The maximum atomic E-state index is 12.8. The summed E-state index contributed by atoms with van der Waals surface area (Å²) >= 11 is 1.56. The Hall–Kier alpha value is -2.22. The number of thioether (sulfide) groups is 1. The van der Waals surface area contributed by atoms with Crippen molar-refractivity contribution in [2.24, 2.45) is 0 Å². The molecule has 0 bridgehead atoms. The standard InChI is InChI=1S/C20H30N2O5S/c1-20(2,3)27-19(25)22-16(13-14-9-7-6-8-10-14)17(23)21-15(11-12-28-5)18(24)26-4/h6-10,15-16H,11-13H2,1-5H3,(H,21,23)(H,22,25). The molecule has 1 aromatic rings. The molecule has 0 aromatic heterocycles. The molecular weight excluding hydrogens is 380 g/mol. The highest BCUT2D eigenvalue weighted by Gasteiger charge is 2.28. The Morgan fingerprint density at radius 1 is 1.07 bits per heavy atom. The van der Waals surface area contributed by atoms with Gasteiger partial charge < -0.3 is 20.1 Å². The minimum absolute atomic E-state index is 0.266. The van der Waals surface area contributed by atoms with Gasteiger partial charge in [0, 0.05) is 6.42 Å². The molecule has 8 heteroatoms. The molecule has 0 aliphatic rings. The summed E-state index contributed by atoms with van der Waals surface area (Å²) in [6.45, 7) is 5.23. The molecule has 7 nitrogen and oxygen atoms in total. The summed E-state index contributed by atoms with van der Waals surface area (Å²) in [5.41, 5.74) is 0.183. The topological polar surface area (TPSA) is 93.7 Å². The number of nitrogens with one attached hydrogen (secondary N) is 2. The van der Waals surface area contributed by atoms with Crippen LogP contribution >= 0.6 is 11.8 Å². The predicted molar refractivity (Wildman–Crippen MR) is 110 cm³/mol. The lowest BCUT2D eigenvalue weighted by Crippen LogP contribution is -2.53. The molecular formula is C20H30N2O5S. The van der Waals surface area contributed by atoms with E-state index in [1.54, 1.807) is 32.5 Å². The second kappa shape index (κ2) is 11.6. The van der Waals surface area contributed by atoms with Crippen LogP contribution in [0.15, 0.2) is 30.3 Å². The third-order valence-corrected chi connectivity index (χ3v) is 4.35. The molecule has 0 saturated heterocycles. The van der Waals surface area contributed by atoms with E-state index >= 15 is 0 Å². The van der Waals surface area contributed by atoms with E-state index in [0.717, 1.165) is 5.56 Å².